The maximum absolute atomic E-state index is 11.4. The molecule has 1 aromatic carbocycles. The van der Waals surface area contributed by atoms with E-state index in [1.54, 1.807) is 30.5 Å². The number of sulfonamides is 1. The van der Waals surface area contributed by atoms with Crippen LogP contribution in [0.5, 0.6) is 0 Å². The van der Waals surface area contributed by atoms with E-state index in [0.717, 1.165) is 6.26 Å². The highest BCUT2D eigenvalue weighted by Gasteiger charge is 2.10. The van der Waals surface area contributed by atoms with Gasteiger partial charge >= 0.3 is 0 Å². The summed E-state index contributed by atoms with van der Waals surface area (Å²) in [5, 5.41) is 13.5. The van der Waals surface area contributed by atoms with Crippen LogP contribution in [0.1, 0.15) is 5.56 Å². The Bertz CT molecular complexity index is 1050. The summed E-state index contributed by atoms with van der Waals surface area (Å²) < 4.78 is 26.6. The molecular weight excluding hydrogens is 338 g/mol. The van der Waals surface area contributed by atoms with E-state index >= 15 is 0 Å². The highest BCUT2D eigenvalue weighted by molar-refractivity contribution is 7.92. The van der Waals surface area contributed by atoms with Crippen LogP contribution >= 0.6 is 11.6 Å². The topological polar surface area (TPSA) is 100 Å². The Morgan fingerprint density at radius 2 is 2.09 bits per heavy atom. The van der Waals surface area contributed by atoms with Crippen molar-refractivity contribution in [2.45, 2.75) is 0 Å². The number of imidazole rings is 1. The Balaban J connectivity index is 2.13. The lowest BCUT2D eigenvalue weighted by molar-refractivity contribution is 0.607. The van der Waals surface area contributed by atoms with Crippen LogP contribution in [0, 0.1) is 11.3 Å². The van der Waals surface area contributed by atoms with Crippen LogP contribution in [-0.4, -0.2) is 29.3 Å². The van der Waals surface area contributed by atoms with Crippen molar-refractivity contribution >= 4 is 33.0 Å². The lowest BCUT2D eigenvalue weighted by Crippen LogP contribution is -2.09. The molecule has 9 heteroatoms. The minimum absolute atomic E-state index is 0.296. The van der Waals surface area contributed by atoms with Gasteiger partial charge in [-0.3, -0.25) is 4.72 Å². The van der Waals surface area contributed by atoms with E-state index in [4.69, 9.17) is 16.9 Å². The number of hydrogen-bond acceptors (Lipinski definition) is 5. The van der Waals surface area contributed by atoms with Gasteiger partial charge < -0.3 is 0 Å². The van der Waals surface area contributed by atoms with Gasteiger partial charge in [-0.15, -0.1) is 0 Å². The van der Waals surface area contributed by atoms with Crippen LogP contribution < -0.4 is 4.72 Å². The fourth-order valence-corrected chi connectivity index (χ4v) is 2.80. The first-order valence-corrected chi connectivity index (χ1v) is 8.66. The molecule has 0 atom stereocenters. The minimum Gasteiger partial charge on any atom is -0.284 e. The van der Waals surface area contributed by atoms with E-state index < -0.39 is 10.0 Å². The Kier molecular flexibility index (Phi) is 3.67. The van der Waals surface area contributed by atoms with Crippen molar-refractivity contribution in [3.63, 3.8) is 0 Å². The predicted molar refractivity (Wildman–Crippen MR) is 86.6 cm³/mol. The molecule has 0 bridgehead atoms. The zero-order valence-corrected chi connectivity index (χ0v) is 13.4. The zero-order chi connectivity index (χ0) is 16.6. The van der Waals surface area contributed by atoms with Crippen molar-refractivity contribution in [3.8, 4) is 17.3 Å². The van der Waals surface area contributed by atoms with Gasteiger partial charge in [0.1, 0.15) is 5.15 Å². The summed E-state index contributed by atoms with van der Waals surface area (Å²) in [6.45, 7) is 0. The third-order valence-corrected chi connectivity index (χ3v) is 3.76. The molecule has 2 heterocycles. The van der Waals surface area contributed by atoms with Crippen molar-refractivity contribution in [2.24, 2.45) is 0 Å². The highest BCUT2D eigenvalue weighted by Crippen LogP contribution is 2.25. The second-order valence-electron chi connectivity index (χ2n) is 4.87. The summed E-state index contributed by atoms with van der Waals surface area (Å²) in [7, 11) is -3.45. The van der Waals surface area contributed by atoms with Crippen LogP contribution in [0.15, 0.2) is 36.5 Å². The monoisotopic (exact) mass is 347 g/mol. The molecule has 0 saturated heterocycles. The second-order valence-corrected chi connectivity index (χ2v) is 7.01. The summed E-state index contributed by atoms with van der Waals surface area (Å²) in [5.41, 5.74) is 2.34. The number of halogens is 1. The molecule has 0 aliphatic rings. The standard InChI is InChI=1S/C14H10ClN5O2S/c1-23(21,22)19-11-5-9(7-16)4-10(6-11)12-8-20-14(17-12)3-2-13(15)18-20/h2-6,8,19H,1H3. The van der Waals surface area contributed by atoms with Crippen LogP contribution in [0.2, 0.25) is 5.15 Å². The van der Waals surface area contributed by atoms with E-state index in [-0.39, 0.29) is 0 Å². The van der Waals surface area contributed by atoms with Gasteiger partial charge in [0, 0.05) is 5.56 Å². The quantitative estimate of drug-likeness (QED) is 0.783. The molecule has 2 aromatic heterocycles. The SMILES string of the molecule is CS(=O)(=O)Nc1cc(C#N)cc(-c2cn3nc(Cl)ccc3n2)c1. The molecule has 0 saturated carbocycles. The molecule has 0 amide bonds. The van der Waals surface area contributed by atoms with E-state index in [0.29, 0.717) is 33.3 Å². The number of fused-ring (bicyclic) bond motifs is 1. The summed E-state index contributed by atoms with van der Waals surface area (Å²) in [4.78, 5) is 4.39. The minimum atomic E-state index is -3.45. The van der Waals surface area contributed by atoms with Gasteiger partial charge in [0.2, 0.25) is 10.0 Å². The van der Waals surface area contributed by atoms with E-state index in [2.05, 4.69) is 14.8 Å². The molecule has 116 valence electrons. The molecule has 0 unspecified atom stereocenters. The van der Waals surface area contributed by atoms with Crippen LogP contribution in [0.25, 0.3) is 16.9 Å². The predicted octanol–water partition coefficient (Wildman–Crippen LogP) is 2.29. The van der Waals surface area contributed by atoms with Gasteiger partial charge in [-0.25, -0.2) is 17.9 Å². The molecule has 0 radical (unpaired) electrons. The van der Waals surface area contributed by atoms with Crippen LogP contribution in [0.4, 0.5) is 5.69 Å². The number of nitriles is 1. The third kappa shape index (κ3) is 3.41. The average molecular weight is 348 g/mol. The first-order chi connectivity index (χ1) is 10.8. The smallest absolute Gasteiger partial charge is 0.229 e. The molecule has 23 heavy (non-hydrogen) atoms. The van der Waals surface area contributed by atoms with Crippen molar-refractivity contribution in [2.75, 3.05) is 11.0 Å². The molecule has 0 aliphatic heterocycles. The van der Waals surface area contributed by atoms with Crippen LogP contribution in [-0.2, 0) is 10.0 Å². The first-order valence-electron chi connectivity index (χ1n) is 6.39. The molecule has 0 spiro atoms. The van der Waals surface area contributed by atoms with Gasteiger partial charge in [-0.05, 0) is 30.3 Å². The molecule has 3 aromatic rings. The Labute approximate surface area is 137 Å². The summed E-state index contributed by atoms with van der Waals surface area (Å²) in [5.74, 6) is 0. The normalized spacial score (nSPS) is 11.3. The van der Waals surface area contributed by atoms with Crippen molar-refractivity contribution in [3.05, 3.63) is 47.2 Å². The zero-order valence-electron chi connectivity index (χ0n) is 11.9. The summed E-state index contributed by atoms with van der Waals surface area (Å²) in [6.07, 6.45) is 2.70. The number of hydrogen-bond donors (Lipinski definition) is 1. The van der Waals surface area contributed by atoms with E-state index in [1.807, 2.05) is 6.07 Å². The fourth-order valence-electron chi connectivity index (χ4n) is 2.11. The van der Waals surface area contributed by atoms with Crippen molar-refractivity contribution in [1.82, 2.24) is 14.6 Å². The Morgan fingerprint density at radius 3 is 2.78 bits per heavy atom. The number of rotatable bonds is 3. The van der Waals surface area contributed by atoms with Gasteiger partial charge in [0.25, 0.3) is 0 Å². The molecule has 1 N–H and O–H groups in total. The van der Waals surface area contributed by atoms with Crippen molar-refractivity contribution < 1.29 is 8.42 Å². The number of nitrogens with zero attached hydrogens (tertiary/aromatic N) is 4. The van der Waals surface area contributed by atoms with Crippen LogP contribution in [0.3, 0.4) is 0 Å². The molecule has 0 fully saturated rings. The Morgan fingerprint density at radius 1 is 1.30 bits per heavy atom. The van der Waals surface area contributed by atoms with E-state index in [9.17, 15) is 8.42 Å². The maximum atomic E-state index is 11.4. The molecular formula is C14H10ClN5O2S. The largest absolute Gasteiger partial charge is 0.284 e. The Hall–Kier alpha value is -2.63. The van der Waals surface area contributed by atoms with Gasteiger partial charge in [-0.2, -0.15) is 10.4 Å². The maximum Gasteiger partial charge on any atom is 0.229 e. The lowest BCUT2D eigenvalue weighted by atomic mass is 10.1. The average Bonchev–Trinajstić information content (AvgIpc) is 2.88. The lowest BCUT2D eigenvalue weighted by Gasteiger charge is -2.06. The molecule has 3 rings (SSSR count). The van der Waals surface area contributed by atoms with E-state index in [1.165, 1.54) is 10.6 Å². The first kappa shape index (κ1) is 15.3. The highest BCUT2D eigenvalue weighted by atomic mass is 35.5. The van der Waals surface area contributed by atoms with Crippen molar-refractivity contribution in [1.29, 1.82) is 5.26 Å². The summed E-state index contributed by atoms with van der Waals surface area (Å²) >= 11 is 5.84. The summed E-state index contributed by atoms with van der Waals surface area (Å²) in [6, 6.07) is 10.0. The van der Waals surface area contributed by atoms with Gasteiger partial charge in [0.05, 0.1) is 35.5 Å². The number of aromatic nitrogens is 3. The molecule has 0 aliphatic carbocycles. The number of benzene rings is 1. The van der Waals surface area contributed by atoms with Gasteiger partial charge in [-0.1, -0.05) is 11.6 Å². The van der Waals surface area contributed by atoms with Gasteiger partial charge in [0.15, 0.2) is 5.65 Å². The number of anilines is 1. The molecule has 7 nitrogen and oxygen atoms in total. The second kappa shape index (κ2) is 5.53. The third-order valence-electron chi connectivity index (χ3n) is 2.95. The fraction of sp³-hybridized carbons (Fsp3) is 0.0714. The number of nitrogens with one attached hydrogen (secondary N) is 1.